The molecule has 0 N–H and O–H groups in total. The third-order valence-electron chi connectivity index (χ3n) is 1.73. The van der Waals surface area contributed by atoms with Gasteiger partial charge in [0.15, 0.2) is 0 Å². The number of ether oxygens (including phenoxy) is 1. The number of carbonyl (C=O) groups excluding carboxylic acids is 1. The van der Waals surface area contributed by atoms with Crippen LogP contribution in [0.4, 0.5) is 0 Å². The van der Waals surface area contributed by atoms with Gasteiger partial charge in [-0.3, -0.25) is 0 Å². The van der Waals surface area contributed by atoms with Gasteiger partial charge >= 0.3 is 5.97 Å². The maximum Gasteiger partial charge on any atom is 0.339 e. The maximum absolute atomic E-state index is 11.6. The highest BCUT2D eigenvalue weighted by Crippen LogP contribution is 2.20. The first kappa shape index (κ1) is 12.6. The van der Waals surface area contributed by atoms with Crippen molar-refractivity contribution in [2.45, 2.75) is 18.7 Å². The van der Waals surface area contributed by atoms with Crippen LogP contribution in [0.5, 0.6) is 0 Å². The van der Waals surface area contributed by atoms with E-state index in [1.165, 1.54) is 0 Å². The van der Waals surface area contributed by atoms with E-state index in [9.17, 15) is 4.79 Å². The average molecular weight is 289 g/mol. The van der Waals surface area contributed by atoms with Gasteiger partial charge in [-0.1, -0.05) is 29.8 Å². The molecule has 0 radical (unpaired) electrons. The zero-order chi connectivity index (χ0) is 11.4. The van der Waals surface area contributed by atoms with Crippen molar-refractivity contribution in [3.63, 3.8) is 0 Å². The number of hydrogen-bond acceptors (Lipinski definition) is 3. The van der Waals surface area contributed by atoms with Gasteiger partial charge < -0.3 is 4.74 Å². The van der Waals surface area contributed by atoms with E-state index in [1.807, 2.05) is 13.8 Å². The Morgan fingerprint density at radius 3 is 2.73 bits per heavy atom. The summed E-state index contributed by atoms with van der Waals surface area (Å²) in [7, 11) is 0. The van der Waals surface area contributed by atoms with Crippen molar-refractivity contribution < 1.29 is 9.53 Å². The molecule has 0 aliphatic carbocycles. The molecule has 0 aliphatic rings. The first-order valence-corrected chi connectivity index (χ1v) is 5.90. The Bertz CT molecular complexity index is 364. The second kappa shape index (κ2) is 5.56. The molecule has 0 heterocycles. The Morgan fingerprint density at radius 1 is 1.53 bits per heavy atom. The predicted molar refractivity (Wildman–Crippen MR) is 66.5 cm³/mol. The van der Waals surface area contributed by atoms with Crippen LogP contribution in [0.25, 0.3) is 0 Å². The lowest BCUT2D eigenvalue weighted by atomic mass is 10.2. The van der Waals surface area contributed by atoms with Gasteiger partial charge in [-0.2, -0.15) is 0 Å². The molecule has 1 aromatic carbocycles. The van der Waals surface area contributed by atoms with E-state index >= 15 is 0 Å². The van der Waals surface area contributed by atoms with Crippen molar-refractivity contribution in [2.24, 2.45) is 5.92 Å². The fourth-order valence-electron chi connectivity index (χ4n) is 0.998. The molecule has 0 unspecified atom stereocenters. The van der Waals surface area contributed by atoms with Crippen LogP contribution in [0.3, 0.4) is 0 Å². The second-order valence-electron chi connectivity index (χ2n) is 3.65. The first-order chi connectivity index (χ1) is 7.00. The van der Waals surface area contributed by atoms with Crippen molar-refractivity contribution >= 4 is 34.5 Å². The Hall–Kier alpha value is -0.480. The highest BCUT2D eigenvalue weighted by atomic mass is 79.9. The number of esters is 1. The van der Waals surface area contributed by atoms with Crippen LogP contribution in [-0.4, -0.2) is 12.6 Å². The molecule has 0 aromatic heterocycles. The van der Waals surface area contributed by atoms with Gasteiger partial charge in [0.25, 0.3) is 0 Å². The minimum atomic E-state index is -0.318. The standard InChI is InChI=1S/C11H13BrO2S/c1-7(2)6-14-11(13)9-4-3-8(12)5-10(9)15/h3-5,7,15H,6H2,1-2H3. The van der Waals surface area contributed by atoms with Crippen molar-refractivity contribution in [2.75, 3.05) is 6.61 Å². The summed E-state index contributed by atoms with van der Waals surface area (Å²) in [5.41, 5.74) is 0.502. The topological polar surface area (TPSA) is 26.3 Å². The molecule has 0 bridgehead atoms. The summed E-state index contributed by atoms with van der Waals surface area (Å²) < 4.78 is 6.00. The van der Waals surface area contributed by atoms with Crippen LogP contribution >= 0.6 is 28.6 Å². The highest BCUT2D eigenvalue weighted by molar-refractivity contribution is 9.10. The Labute approximate surface area is 104 Å². The van der Waals surface area contributed by atoms with Gasteiger partial charge in [-0.15, -0.1) is 12.6 Å². The van der Waals surface area contributed by atoms with Gasteiger partial charge in [0.1, 0.15) is 0 Å². The van der Waals surface area contributed by atoms with E-state index in [2.05, 4.69) is 28.6 Å². The fraction of sp³-hybridized carbons (Fsp3) is 0.364. The number of thiol groups is 1. The van der Waals surface area contributed by atoms with E-state index in [0.29, 0.717) is 23.0 Å². The fourth-order valence-corrected chi connectivity index (χ4v) is 1.84. The molecule has 15 heavy (non-hydrogen) atoms. The van der Waals surface area contributed by atoms with E-state index in [4.69, 9.17) is 4.74 Å². The Morgan fingerprint density at radius 2 is 2.20 bits per heavy atom. The second-order valence-corrected chi connectivity index (χ2v) is 5.05. The summed E-state index contributed by atoms with van der Waals surface area (Å²) in [6.45, 7) is 4.43. The zero-order valence-corrected chi connectivity index (χ0v) is 11.1. The lowest BCUT2D eigenvalue weighted by Gasteiger charge is -2.08. The quantitative estimate of drug-likeness (QED) is 0.680. The molecule has 0 aliphatic heterocycles. The third kappa shape index (κ3) is 3.87. The summed E-state index contributed by atoms with van der Waals surface area (Å²) in [5, 5.41) is 0. The molecule has 0 saturated carbocycles. The lowest BCUT2D eigenvalue weighted by Crippen LogP contribution is -2.10. The molecule has 0 amide bonds. The van der Waals surface area contributed by atoms with Crippen molar-refractivity contribution in [3.8, 4) is 0 Å². The third-order valence-corrected chi connectivity index (χ3v) is 2.59. The first-order valence-electron chi connectivity index (χ1n) is 4.66. The molecule has 0 atom stereocenters. The molecule has 1 rings (SSSR count). The minimum Gasteiger partial charge on any atom is -0.462 e. The average Bonchev–Trinajstić information content (AvgIpc) is 2.14. The van der Waals surface area contributed by atoms with Gasteiger partial charge in [0, 0.05) is 9.37 Å². The summed E-state index contributed by atoms with van der Waals surface area (Å²) in [6, 6.07) is 5.27. The summed E-state index contributed by atoms with van der Waals surface area (Å²) in [5.74, 6) is 0.0222. The van der Waals surface area contributed by atoms with Crippen LogP contribution in [0.2, 0.25) is 0 Å². The van der Waals surface area contributed by atoms with E-state index in [1.54, 1.807) is 18.2 Å². The minimum absolute atomic E-state index is 0.318. The van der Waals surface area contributed by atoms with Gasteiger partial charge in [-0.05, 0) is 24.1 Å². The summed E-state index contributed by atoms with van der Waals surface area (Å²) in [6.07, 6.45) is 0. The number of benzene rings is 1. The number of carbonyl (C=O) groups is 1. The zero-order valence-electron chi connectivity index (χ0n) is 8.66. The van der Waals surface area contributed by atoms with Crippen LogP contribution < -0.4 is 0 Å². The van der Waals surface area contributed by atoms with Crippen molar-refractivity contribution in [3.05, 3.63) is 28.2 Å². The maximum atomic E-state index is 11.6. The highest BCUT2D eigenvalue weighted by Gasteiger charge is 2.11. The molecule has 0 saturated heterocycles. The van der Waals surface area contributed by atoms with Crippen molar-refractivity contribution in [1.29, 1.82) is 0 Å². The van der Waals surface area contributed by atoms with Gasteiger partial charge in [0.2, 0.25) is 0 Å². The molecule has 0 fully saturated rings. The molecular weight excluding hydrogens is 276 g/mol. The van der Waals surface area contributed by atoms with E-state index in [-0.39, 0.29) is 5.97 Å². The summed E-state index contributed by atoms with van der Waals surface area (Å²) >= 11 is 7.53. The van der Waals surface area contributed by atoms with Gasteiger partial charge in [-0.25, -0.2) is 4.79 Å². The largest absolute Gasteiger partial charge is 0.462 e. The molecular formula is C11H13BrO2S. The van der Waals surface area contributed by atoms with Crippen LogP contribution in [-0.2, 0) is 4.74 Å². The Balaban J connectivity index is 2.74. The lowest BCUT2D eigenvalue weighted by molar-refractivity contribution is 0.0455. The molecule has 0 spiro atoms. The smallest absolute Gasteiger partial charge is 0.339 e. The normalized spacial score (nSPS) is 10.5. The Kier molecular flexibility index (Phi) is 4.67. The number of rotatable bonds is 3. The van der Waals surface area contributed by atoms with Gasteiger partial charge in [0.05, 0.1) is 12.2 Å². The SMILES string of the molecule is CC(C)COC(=O)c1ccc(Br)cc1S. The summed E-state index contributed by atoms with van der Waals surface area (Å²) in [4.78, 5) is 12.2. The van der Waals surface area contributed by atoms with E-state index < -0.39 is 0 Å². The molecule has 82 valence electrons. The molecule has 2 nitrogen and oxygen atoms in total. The molecule has 1 aromatic rings. The van der Waals surface area contributed by atoms with Crippen molar-refractivity contribution in [1.82, 2.24) is 0 Å². The number of hydrogen-bond donors (Lipinski definition) is 1. The van der Waals surface area contributed by atoms with Crippen LogP contribution in [0.1, 0.15) is 24.2 Å². The van der Waals surface area contributed by atoms with Crippen LogP contribution in [0.15, 0.2) is 27.6 Å². The van der Waals surface area contributed by atoms with E-state index in [0.717, 1.165) is 4.47 Å². The molecule has 4 heteroatoms. The predicted octanol–water partition coefficient (Wildman–Crippen LogP) is 3.55. The van der Waals surface area contributed by atoms with Crippen LogP contribution in [0, 0.1) is 5.92 Å². The number of halogens is 1. The monoisotopic (exact) mass is 288 g/mol.